The number of hydrogen-bond donors (Lipinski definition) is 0. The fourth-order valence-electron chi connectivity index (χ4n) is 3.18. The van der Waals surface area contributed by atoms with Gasteiger partial charge in [-0.25, -0.2) is 18.9 Å². The monoisotopic (exact) mass is 444 g/mol. The van der Waals surface area contributed by atoms with E-state index in [2.05, 4.69) is 20.2 Å². The van der Waals surface area contributed by atoms with Crippen LogP contribution < -0.4 is 4.74 Å². The molecule has 31 heavy (non-hydrogen) atoms. The first-order chi connectivity index (χ1) is 14.9. The maximum absolute atomic E-state index is 14.5. The van der Waals surface area contributed by atoms with Crippen molar-refractivity contribution in [3.05, 3.63) is 58.8 Å². The van der Waals surface area contributed by atoms with E-state index >= 15 is 0 Å². The summed E-state index contributed by atoms with van der Waals surface area (Å²) in [5, 5.41) is 8.52. The van der Waals surface area contributed by atoms with E-state index in [0.717, 1.165) is 0 Å². The minimum atomic E-state index is -0.514. The van der Waals surface area contributed by atoms with Crippen molar-refractivity contribution in [2.24, 2.45) is 0 Å². The summed E-state index contributed by atoms with van der Waals surface area (Å²) >= 11 is 5.93. The molecule has 1 aromatic carbocycles. The Labute approximate surface area is 181 Å². The second kappa shape index (κ2) is 8.31. The Morgan fingerprint density at radius 2 is 2.06 bits per heavy atom. The number of aromatic nitrogens is 6. The normalized spacial score (nSPS) is 12.2. The van der Waals surface area contributed by atoms with Crippen LogP contribution in [0.25, 0.3) is 17.0 Å². The van der Waals surface area contributed by atoms with Crippen LogP contribution in [-0.4, -0.2) is 49.2 Å². The highest BCUT2D eigenvalue weighted by molar-refractivity contribution is 6.30. The van der Waals surface area contributed by atoms with Crippen molar-refractivity contribution in [3.8, 4) is 11.8 Å². The molecule has 4 rings (SSSR count). The van der Waals surface area contributed by atoms with Gasteiger partial charge in [0, 0.05) is 11.8 Å². The minimum Gasteiger partial charge on any atom is -0.479 e. The zero-order chi connectivity index (χ0) is 22.1. The van der Waals surface area contributed by atoms with Crippen molar-refractivity contribution in [2.75, 3.05) is 13.7 Å². The minimum absolute atomic E-state index is 0.0300. The lowest BCUT2D eigenvalue weighted by Gasteiger charge is -2.16. The number of hydrogen-bond acceptors (Lipinski definition) is 7. The Morgan fingerprint density at radius 1 is 1.26 bits per heavy atom. The smallest absolute Gasteiger partial charge is 0.341 e. The van der Waals surface area contributed by atoms with Gasteiger partial charge in [-0.15, -0.1) is 0 Å². The van der Waals surface area contributed by atoms with Gasteiger partial charge in [0.15, 0.2) is 0 Å². The van der Waals surface area contributed by atoms with Crippen molar-refractivity contribution in [1.82, 2.24) is 29.5 Å². The van der Waals surface area contributed by atoms with Gasteiger partial charge in [0.2, 0.25) is 5.88 Å². The van der Waals surface area contributed by atoms with Crippen LogP contribution in [0.1, 0.15) is 35.8 Å². The van der Waals surface area contributed by atoms with Crippen LogP contribution in [0.2, 0.25) is 5.02 Å². The van der Waals surface area contributed by atoms with Gasteiger partial charge in [0.25, 0.3) is 5.95 Å². The van der Waals surface area contributed by atoms with Gasteiger partial charge >= 0.3 is 5.97 Å². The first-order valence-electron chi connectivity index (χ1n) is 9.39. The van der Waals surface area contributed by atoms with Crippen LogP contribution in [0.5, 0.6) is 5.88 Å². The largest absolute Gasteiger partial charge is 0.479 e. The molecule has 3 aromatic heterocycles. The number of methoxy groups -OCH3 is 1. The van der Waals surface area contributed by atoms with Crippen LogP contribution in [0.4, 0.5) is 4.39 Å². The second-order valence-corrected chi connectivity index (χ2v) is 6.98. The first-order valence-corrected chi connectivity index (χ1v) is 9.77. The van der Waals surface area contributed by atoms with Crippen molar-refractivity contribution in [3.63, 3.8) is 0 Å². The van der Waals surface area contributed by atoms with E-state index in [0.29, 0.717) is 16.6 Å². The lowest BCUT2D eigenvalue weighted by molar-refractivity contribution is 0.0526. The molecule has 160 valence electrons. The van der Waals surface area contributed by atoms with E-state index in [-0.39, 0.29) is 29.0 Å². The Balaban J connectivity index is 1.77. The highest BCUT2D eigenvalue weighted by atomic mass is 35.5. The molecule has 0 radical (unpaired) electrons. The summed E-state index contributed by atoms with van der Waals surface area (Å²) in [5.41, 5.74) is 1.58. The number of fused-ring (bicyclic) bond motifs is 1. The predicted octanol–water partition coefficient (Wildman–Crippen LogP) is 3.60. The Hall–Kier alpha value is -3.53. The Morgan fingerprint density at radius 3 is 2.81 bits per heavy atom. The summed E-state index contributed by atoms with van der Waals surface area (Å²) in [4.78, 5) is 20.7. The summed E-state index contributed by atoms with van der Waals surface area (Å²) in [7, 11) is 1.46. The van der Waals surface area contributed by atoms with Gasteiger partial charge in [-0.2, -0.15) is 15.2 Å². The lowest BCUT2D eigenvalue weighted by Crippen LogP contribution is -2.12. The third-order valence-electron chi connectivity index (χ3n) is 4.69. The van der Waals surface area contributed by atoms with Gasteiger partial charge in [0.05, 0.1) is 42.7 Å². The fraction of sp³-hybridized carbons (Fsp3) is 0.250. The summed E-state index contributed by atoms with van der Waals surface area (Å²) in [6.07, 6.45) is 4.36. The molecule has 9 nitrogen and oxygen atoms in total. The van der Waals surface area contributed by atoms with Crippen molar-refractivity contribution in [2.45, 2.75) is 19.9 Å². The Bertz CT molecular complexity index is 1270. The topological polar surface area (TPSA) is 97.0 Å². The lowest BCUT2D eigenvalue weighted by atomic mass is 10.1. The maximum Gasteiger partial charge on any atom is 0.341 e. The standard InChI is InChI=1S/C20H18ClFN6O3/c1-4-31-19(29)12-8-23-27(10-12)20-25-15-9-24-28(17(15)18(26-20)30-3)11(2)13-6-5-7-14(21)16(13)22/h5-11H,4H2,1-3H3/t11-/m0/s1. The first kappa shape index (κ1) is 20.7. The highest BCUT2D eigenvalue weighted by Crippen LogP contribution is 2.31. The van der Waals surface area contributed by atoms with Gasteiger partial charge < -0.3 is 9.47 Å². The van der Waals surface area contributed by atoms with Crippen molar-refractivity contribution >= 4 is 28.6 Å². The molecule has 0 unspecified atom stereocenters. The number of benzene rings is 1. The number of carbonyl (C=O) groups excluding carboxylic acids is 1. The van der Waals surface area contributed by atoms with Crippen LogP contribution in [0.15, 0.2) is 36.8 Å². The molecule has 0 aliphatic carbocycles. The average Bonchev–Trinajstić information content (AvgIpc) is 3.42. The molecule has 11 heteroatoms. The third kappa shape index (κ3) is 3.70. The van der Waals surface area contributed by atoms with E-state index in [1.54, 1.807) is 30.7 Å². The zero-order valence-electron chi connectivity index (χ0n) is 16.9. The zero-order valence-corrected chi connectivity index (χ0v) is 17.7. The molecule has 0 N–H and O–H groups in total. The third-order valence-corrected chi connectivity index (χ3v) is 4.98. The van der Waals surface area contributed by atoms with Gasteiger partial charge in [-0.1, -0.05) is 23.7 Å². The molecule has 0 saturated heterocycles. The summed E-state index contributed by atoms with van der Waals surface area (Å²) in [5.74, 6) is -0.604. The van der Waals surface area contributed by atoms with Crippen LogP contribution in [0, 0.1) is 5.82 Å². The molecule has 1 atom stereocenters. The second-order valence-electron chi connectivity index (χ2n) is 6.57. The molecule has 0 aliphatic rings. The van der Waals surface area contributed by atoms with Crippen molar-refractivity contribution in [1.29, 1.82) is 0 Å². The van der Waals surface area contributed by atoms with E-state index in [1.165, 1.54) is 36.4 Å². The molecular weight excluding hydrogens is 427 g/mol. The van der Waals surface area contributed by atoms with E-state index in [4.69, 9.17) is 21.1 Å². The van der Waals surface area contributed by atoms with Gasteiger partial charge in [-0.05, 0) is 19.9 Å². The van der Waals surface area contributed by atoms with E-state index in [9.17, 15) is 9.18 Å². The number of nitrogens with zero attached hydrogens (tertiary/aromatic N) is 6. The summed E-state index contributed by atoms with van der Waals surface area (Å²) in [6.45, 7) is 3.76. The van der Waals surface area contributed by atoms with Crippen LogP contribution >= 0.6 is 11.6 Å². The number of carbonyl (C=O) groups is 1. The molecule has 0 saturated carbocycles. The molecule has 0 amide bonds. The SMILES string of the molecule is CCOC(=O)c1cnn(-c2nc(OC)c3c(cnn3[C@@H](C)c3cccc(Cl)c3F)n2)c1. The molecule has 0 bridgehead atoms. The van der Waals surface area contributed by atoms with Gasteiger partial charge in [-0.3, -0.25) is 4.68 Å². The number of halogens is 2. The predicted molar refractivity (Wildman–Crippen MR) is 110 cm³/mol. The number of rotatable bonds is 6. The summed E-state index contributed by atoms with van der Waals surface area (Å²) in [6, 6.07) is 4.30. The molecule has 0 spiro atoms. The fourth-order valence-corrected chi connectivity index (χ4v) is 3.37. The Kier molecular flexibility index (Phi) is 5.55. The van der Waals surface area contributed by atoms with Crippen molar-refractivity contribution < 1.29 is 18.7 Å². The van der Waals surface area contributed by atoms with E-state index < -0.39 is 17.8 Å². The molecule has 3 heterocycles. The molecule has 0 fully saturated rings. The highest BCUT2D eigenvalue weighted by Gasteiger charge is 2.22. The average molecular weight is 445 g/mol. The van der Waals surface area contributed by atoms with Crippen LogP contribution in [0.3, 0.4) is 0 Å². The summed E-state index contributed by atoms with van der Waals surface area (Å²) < 4.78 is 27.9. The quantitative estimate of drug-likeness (QED) is 0.419. The maximum atomic E-state index is 14.5. The van der Waals surface area contributed by atoms with Gasteiger partial charge in [0.1, 0.15) is 16.9 Å². The molecule has 0 aliphatic heterocycles. The molecular formula is C20H18ClFN6O3. The number of esters is 1. The van der Waals surface area contributed by atoms with Crippen LogP contribution in [-0.2, 0) is 4.74 Å². The molecule has 4 aromatic rings. The van der Waals surface area contributed by atoms with E-state index in [1.807, 2.05) is 0 Å². The number of ether oxygens (including phenoxy) is 2.